The van der Waals surface area contributed by atoms with Crippen molar-refractivity contribution < 1.29 is 23.5 Å². The van der Waals surface area contributed by atoms with Crippen molar-refractivity contribution in [2.75, 3.05) is 33.3 Å². The van der Waals surface area contributed by atoms with E-state index in [1.54, 1.807) is 29.6 Å². The second kappa shape index (κ2) is 9.68. The average molecular weight is 447 g/mol. The highest BCUT2D eigenvalue weighted by Crippen LogP contribution is 2.28. The number of carbonyl (C=O) groups is 2. The Bertz CT molecular complexity index is 930. The lowest BCUT2D eigenvalue weighted by Crippen LogP contribution is -2.52. The van der Waals surface area contributed by atoms with Crippen molar-refractivity contribution in [2.24, 2.45) is 0 Å². The van der Waals surface area contributed by atoms with Gasteiger partial charge in [-0.25, -0.2) is 19.0 Å². The number of aromatic nitrogens is 2. The van der Waals surface area contributed by atoms with Crippen molar-refractivity contribution in [2.45, 2.75) is 45.4 Å². The molecule has 0 radical (unpaired) electrons. The predicted molar refractivity (Wildman–Crippen MR) is 117 cm³/mol. The molecule has 0 N–H and O–H groups in total. The molecule has 1 aromatic carbocycles. The summed E-state index contributed by atoms with van der Waals surface area (Å²) in [6.45, 7) is 9.29. The Hall–Kier alpha value is -2.94. The summed E-state index contributed by atoms with van der Waals surface area (Å²) in [6, 6.07) is 5.42. The van der Waals surface area contributed by atoms with Crippen LogP contribution in [-0.4, -0.2) is 70.3 Å². The van der Waals surface area contributed by atoms with E-state index < -0.39 is 17.6 Å². The molecule has 174 valence electrons. The van der Waals surface area contributed by atoms with Gasteiger partial charge in [-0.15, -0.1) is 0 Å². The fourth-order valence-corrected chi connectivity index (χ4v) is 3.81. The summed E-state index contributed by atoms with van der Waals surface area (Å²) < 4.78 is 25.8. The molecule has 3 rings (SSSR count). The molecular weight excluding hydrogens is 415 g/mol. The van der Waals surface area contributed by atoms with Gasteiger partial charge in [0.05, 0.1) is 31.4 Å². The number of carbonyl (C=O) groups excluding carboxylic acids is 2. The van der Waals surface area contributed by atoms with E-state index >= 15 is 0 Å². The van der Waals surface area contributed by atoms with Gasteiger partial charge >= 0.3 is 12.1 Å². The van der Waals surface area contributed by atoms with Gasteiger partial charge in [0.1, 0.15) is 11.4 Å². The molecule has 1 amide bonds. The third-order valence-corrected chi connectivity index (χ3v) is 5.50. The largest absolute Gasteiger partial charge is 0.468 e. The minimum atomic E-state index is -0.675. The molecule has 32 heavy (non-hydrogen) atoms. The summed E-state index contributed by atoms with van der Waals surface area (Å²) in [4.78, 5) is 33.1. The number of methoxy groups -OCH3 is 1. The van der Waals surface area contributed by atoms with Crippen LogP contribution in [0, 0.1) is 5.82 Å². The second-order valence-corrected chi connectivity index (χ2v) is 8.88. The number of amides is 1. The van der Waals surface area contributed by atoms with Gasteiger partial charge in [0, 0.05) is 26.2 Å². The first-order chi connectivity index (χ1) is 15.1. The lowest BCUT2D eigenvalue weighted by molar-refractivity contribution is -0.148. The molecule has 0 saturated carbocycles. The molecule has 8 nitrogen and oxygen atoms in total. The van der Waals surface area contributed by atoms with E-state index in [2.05, 4.69) is 4.98 Å². The summed E-state index contributed by atoms with van der Waals surface area (Å²) in [5, 5.41) is 0. The number of hydrogen-bond donors (Lipinski definition) is 0. The van der Waals surface area contributed by atoms with Crippen molar-refractivity contribution >= 4 is 12.1 Å². The normalized spacial score (nSPS) is 17.0. The monoisotopic (exact) mass is 446 g/mol. The van der Waals surface area contributed by atoms with E-state index in [4.69, 9.17) is 9.47 Å². The number of imidazole rings is 1. The first-order valence-electron chi connectivity index (χ1n) is 10.7. The molecule has 9 heteroatoms. The van der Waals surface area contributed by atoms with Crippen molar-refractivity contribution in [3.63, 3.8) is 0 Å². The number of rotatable bonds is 5. The number of nitrogens with zero attached hydrogens (tertiary/aromatic N) is 4. The van der Waals surface area contributed by atoms with E-state index in [-0.39, 0.29) is 18.0 Å². The first-order valence-corrected chi connectivity index (χ1v) is 10.7. The highest BCUT2D eigenvalue weighted by molar-refractivity contribution is 5.77. The third kappa shape index (κ3) is 5.45. The number of halogens is 1. The van der Waals surface area contributed by atoms with Crippen LogP contribution in [0.5, 0.6) is 0 Å². The fourth-order valence-electron chi connectivity index (χ4n) is 3.81. The Morgan fingerprint density at radius 2 is 1.72 bits per heavy atom. The topological polar surface area (TPSA) is 76.9 Å². The van der Waals surface area contributed by atoms with Gasteiger partial charge in [-0.05, 0) is 45.4 Å². The van der Waals surface area contributed by atoms with Crippen LogP contribution in [-0.2, 0) is 14.3 Å². The third-order valence-electron chi connectivity index (χ3n) is 5.50. The van der Waals surface area contributed by atoms with Gasteiger partial charge in [-0.3, -0.25) is 4.90 Å². The van der Waals surface area contributed by atoms with Crippen LogP contribution in [0.3, 0.4) is 0 Å². The quantitative estimate of drug-likeness (QED) is 0.656. The zero-order chi connectivity index (χ0) is 23.5. The lowest BCUT2D eigenvalue weighted by Gasteiger charge is -2.38. The summed E-state index contributed by atoms with van der Waals surface area (Å²) in [5.41, 5.74) is 1.01. The van der Waals surface area contributed by atoms with Crippen molar-refractivity contribution in [3.05, 3.63) is 53.9 Å². The molecule has 1 aromatic heterocycles. The highest BCUT2D eigenvalue weighted by Gasteiger charge is 2.36. The van der Waals surface area contributed by atoms with Gasteiger partial charge in [0.25, 0.3) is 0 Å². The number of esters is 1. The maximum atomic E-state index is 13.3. The molecule has 1 aliphatic rings. The van der Waals surface area contributed by atoms with E-state index in [0.717, 1.165) is 5.56 Å². The van der Waals surface area contributed by atoms with Crippen LogP contribution in [0.2, 0.25) is 0 Å². The molecule has 1 fully saturated rings. The molecule has 1 aliphatic heterocycles. The molecule has 0 aliphatic carbocycles. The number of hydrogen-bond acceptors (Lipinski definition) is 6. The first kappa shape index (κ1) is 23.7. The van der Waals surface area contributed by atoms with Gasteiger partial charge in [0.15, 0.2) is 6.04 Å². The van der Waals surface area contributed by atoms with E-state index in [0.29, 0.717) is 31.9 Å². The van der Waals surface area contributed by atoms with E-state index in [9.17, 15) is 14.0 Å². The van der Waals surface area contributed by atoms with Crippen LogP contribution >= 0.6 is 0 Å². The maximum Gasteiger partial charge on any atom is 0.410 e. The maximum absolute atomic E-state index is 13.3. The molecule has 2 heterocycles. The fraction of sp³-hybridized carbons (Fsp3) is 0.522. The Balaban J connectivity index is 1.79. The van der Waals surface area contributed by atoms with Crippen molar-refractivity contribution in [3.8, 4) is 0 Å². The number of benzene rings is 1. The number of ether oxygens (including phenoxy) is 2. The molecule has 2 aromatic rings. The Kier molecular flexibility index (Phi) is 7.18. The Morgan fingerprint density at radius 3 is 2.28 bits per heavy atom. The number of piperazine rings is 1. The van der Waals surface area contributed by atoms with E-state index in [1.807, 2.05) is 37.2 Å². The molecule has 2 atom stereocenters. The SMILES string of the molecule is COC(=O)C(c1cncn1[C@H](C)c1ccc(F)cc1)N1CCN(C(=O)OC(C)(C)C)CC1. The van der Waals surface area contributed by atoms with Crippen LogP contribution in [0.15, 0.2) is 36.8 Å². The molecule has 1 saturated heterocycles. The standard InChI is InChI=1S/C23H31FN4O4/c1-16(17-6-8-18(24)9-7-17)28-15-25-14-19(28)20(21(29)31-5)26-10-12-27(13-11-26)22(30)32-23(2,3)4/h6-9,14-16,20H,10-13H2,1-5H3/t16-,20?/m1/s1. The second-order valence-electron chi connectivity index (χ2n) is 8.88. The van der Waals surface area contributed by atoms with Gasteiger partial charge < -0.3 is 18.9 Å². The minimum absolute atomic E-state index is 0.164. The van der Waals surface area contributed by atoms with Crippen LogP contribution in [0.4, 0.5) is 9.18 Å². The highest BCUT2D eigenvalue weighted by atomic mass is 19.1. The zero-order valence-electron chi connectivity index (χ0n) is 19.2. The predicted octanol–water partition coefficient (Wildman–Crippen LogP) is 3.40. The van der Waals surface area contributed by atoms with Crippen LogP contribution < -0.4 is 0 Å². The molecule has 0 spiro atoms. The van der Waals surface area contributed by atoms with Crippen molar-refractivity contribution in [1.29, 1.82) is 0 Å². The van der Waals surface area contributed by atoms with Crippen LogP contribution in [0.1, 0.15) is 51.0 Å². The summed E-state index contributed by atoms with van der Waals surface area (Å²) in [5.74, 6) is -0.703. The Morgan fingerprint density at radius 1 is 1.09 bits per heavy atom. The Labute approximate surface area is 187 Å². The van der Waals surface area contributed by atoms with Crippen LogP contribution in [0.25, 0.3) is 0 Å². The smallest absolute Gasteiger partial charge is 0.410 e. The molecular formula is C23H31FN4O4. The summed E-state index contributed by atoms with van der Waals surface area (Å²) >= 11 is 0. The molecule has 1 unspecified atom stereocenters. The summed E-state index contributed by atoms with van der Waals surface area (Å²) in [7, 11) is 1.36. The zero-order valence-corrected chi connectivity index (χ0v) is 19.2. The van der Waals surface area contributed by atoms with E-state index in [1.165, 1.54) is 19.2 Å². The lowest BCUT2D eigenvalue weighted by atomic mass is 10.1. The average Bonchev–Trinajstić information content (AvgIpc) is 3.22. The summed E-state index contributed by atoms with van der Waals surface area (Å²) in [6.07, 6.45) is 2.96. The van der Waals surface area contributed by atoms with Gasteiger partial charge in [0.2, 0.25) is 0 Å². The minimum Gasteiger partial charge on any atom is -0.468 e. The molecule has 0 bridgehead atoms. The van der Waals surface area contributed by atoms with Gasteiger partial charge in [-0.2, -0.15) is 0 Å². The van der Waals surface area contributed by atoms with Gasteiger partial charge in [-0.1, -0.05) is 12.1 Å². The van der Waals surface area contributed by atoms with Crippen molar-refractivity contribution in [1.82, 2.24) is 19.4 Å².